The molecule has 2 aliphatic rings. The van der Waals surface area contributed by atoms with Crippen LogP contribution in [0.3, 0.4) is 0 Å². The van der Waals surface area contributed by atoms with E-state index in [4.69, 9.17) is 4.98 Å². The number of hydrogen-bond acceptors (Lipinski definition) is 5. The number of nitrogens with zero attached hydrogens (tertiary/aromatic N) is 3. The lowest BCUT2D eigenvalue weighted by molar-refractivity contribution is -0.119. The van der Waals surface area contributed by atoms with E-state index in [-0.39, 0.29) is 17.7 Å². The molecule has 0 radical (unpaired) electrons. The fourth-order valence-electron chi connectivity index (χ4n) is 3.70. The zero-order chi connectivity index (χ0) is 17.7. The van der Waals surface area contributed by atoms with Crippen molar-refractivity contribution in [3.05, 3.63) is 41.2 Å². The van der Waals surface area contributed by atoms with Gasteiger partial charge in [-0.05, 0) is 36.6 Å². The molecule has 7 heteroatoms. The van der Waals surface area contributed by atoms with Crippen LogP contribution >= 0.6 is 11.3 Å². The minimum atomic E-state index is -0.0848. The Hall–Kier alpha value is -2.25. The Morgan fingerprint density at radius 1 is 1.35 bits per heavy atom. The standard InChI is InChI=1S/C19H21N5OS/c1-24-10-12(7-21-24)14-8-20-9-15(14)18(25)22-13-4-5-16-17(6-13)26-19(23-16)11-2-3-11/h4-7,10-11,14-15,20H,2-3,8-9H2,1H3,(H,22,25)/t14-,15+/m1/s1. The average molecular weight is 367 g/mol. The molecule has 2 aromatic heterocycles. The lowest BCUT2D eigenvalue weighted by Crippen LogP contribution is -2.28. The number of amides is 1. The number of fused-ring (bicyclic) bond motifs is 1. The second kappa shape index (κ2) is 6.17. The van der Waals surface area contributed by atoms with Crippen LogP contribution < -0.4 is 10.6 Å². The minimum absolute atomic E-state index is 0.0649. The van der Waals surface area contributed by atoms with Crippen molar-refractivity contribution in [1.29, 1.82) is 0 Å². The number of anilines is 1. The summed E-state index contributed by atoms with van der Waals surface area (Å²) >= 11 is 1.76. The van der Waals surface area contributed by atoms with Gasteiger partial charge in [-0.1, -0.05) is 0 Å². The highest BCUT2D eigenvalue weighted by Gasteiger charge is 2.34. The summed E-state index contributed by atoms with van der Waals surface area (Å²) in [5.74, 6) is 0.807. The monoisotopic (exact) mass is 367 g/mol. The van der Waals surface area contributed by atoms with Crippen LogP contribution in [-0.2, 0) is 11.8 Å². The van der Waals surface area contributed by atoms with Crippen LogP contribution in [0.5, 0.6) is 0 Å². The smallest absolute Gasteiger partial charge is 0.229 e. The molecule has 1 aromatic carbocycles. The Morgan fingerprint density at radius 3 is 3.00 bits per heavy atom. The second-order valence-electron chi connectivity index (χ2n) is 7.32. The van der Waals surface area contributed by atoms with Crippen LogP contribution in [0.2, 0.25) is 0 Å². The first-order valence-corrected chi connectivity index (χ1v) is 9.89. The van der Waals surface area contributed by atoms with E-state index < -0.39 is 0 Å². The summed E-state index contributed by atoms with van der Waals surface area (Å²) in [4.78, 5) is 17.6. The van der Waals surface area contributed by atoms with Gasteiger partial charge in [0, 0.05) is 43.9 Å². The maximum Gasteiger partial charge on any atom is 0.229 e. The largest absolute Gasteiger partial charge is 0.326 e. The van der Waals surface area contributed by atoms with Crippen molar-refractivity contribution >= 4 is 33.1 Å². The molecule has 1 amide bonds. The van der Waals surface area contributed by atoms with Crippen molar-refractivity contribution in [2.24, 2.45) is 13.0 Å². The summed E-state index contributed by atoms with van der Waals surface area (Å²) in [5, 5.41) is 11.9. The van der Waals surface area contributed by atoms with Gasteiger partial charge in [0.2, 0.25) is 5.91 Å². The number of carbonyl (C=O) groups excluding carboxylic acids is 1. The van der Waals surface area contributed by atoms with Gasteiger partial charge in [0.1, 0.15) is 0 Å². The lowest BCUT2D eigenvalue weighted by Gasteiger charge is -2.17. The van der Waals surface area contributed by atoms with Crippen LogP contribution in [0, 0.1) is 5.92 Å². The molecule has 2 N–H and O–H groups in total. The minimum Gasteiger partial charge on any atom is -0.326 e. The van der Waals surface area contributed by atoms with Crippen LogP contribution in [0.25, 0.3) is 10.2 Å². The molecule has 134 valence electrons. The van der Waals surface area contributed by atoms with E-state index in [1.807, 2.05) is 31.6 Å². The van der Waals surface area contributed by atoms with Crippen molar-refractivity contribution in [1.82, 2.24) is 20.1 Å². The molecular weight excluding hydrogens is 346 g/mol. The predicted molar refractivity (Wildman–Crippen MR) is 103 cm³/mol. The summed E-state index contributed by atoms with van der Waals surface area (Å²) in [6, 6.07) is 6.02. The Bertz CT molecular complexity index is 973. The molecule has 1 saturated heterocycles. The van der Waals surface area contributed by atoms with Crippen LogP contribution in [0.1, 0.15) is 35.2 Å². The van der Waals surface area contributed by atoms with Gasteiger partial charge in [0.05, 0.1) is 27.3 Å². The molecule has 2 atom stereocenters. The molecule has 0 bridgehead atoms. The maximum atomic E-state index is 12.9. The highest BCUT2D eigenvalue weighted by atomic mass is 32.1. The fourth-order valence-corrected chi connectivity index (χ4v) is 4.87. The van der Waals surface area contributed by atoms with E-state index in [9.17, 15) is 4.79 Å². The normalized spacial score (nSPS) is 22.8. The van der Waals surface area contributed by atoms with Gasteiger partial charge >= 0.3 is 0 Å². The van der Waals surface area contributed by atoms with Gasteiger partial charge < -0.3 is 10.6 Å². The van der Waals surface area contributed by atoms with Gasteiger partial charge in [-0.25, -0.2) is 4.98 Å². The van der Waals surface area contributed by atoms with E-state index >= 15 is 0 Å². The summed E-state index contributed by atoms with van der Waals surface area (Å²) in [5.41, 5.74) is 3.00. The van der Waals surface area contributed by atoms with Gasteiger partial charge in [0.15, 0.2) is 0 Å². The fraction of sp³-hybridized carbons (Fsp3) is 0.421. The highest BCUT2D eigenvalue weighted by Crippen LogP contribution is 2.43. The average Bonchev–Trinajstić information content (AvgIpc) is 3.04. The molecular formula is C19H21N5OS. The first-order chi connectivity index (χ1) is 12.7. The SMILES string of the molecule is Cn1cc([C@H]2CNC[C@@H]2C(=O)Nc2ccc3nc(C4CC4)sc3c2)cn1. The summed E-state index contributed by atoms with van der Waals surface area (Å²) in [6.07, 6.45) is 6.38. The number of thiazole rings is 1. The van der Waals surface area contributed by atoms with Crippen molar-refractivity contribution in [3.63, 3.8) is 0 Å². The summed E-state index contributed by atoms with van der Waals surface area (Å²) < 4.78 is 2.94. The van der Waals surface area contributed by atoms with Gasteiger partial charge in [-0.15, -0.1) is 11.3 Å². The third kappa shape index (κ3) is 2.91. The molecule has 3 heterocycles. The van der Waals surface area contributed by atoms with Crippen LogP contribution in [-0.4, -0.2) is 33.8 Å². The molecule has 6 nitrogen and oxygen atoms in total. The molecule has 1 saturated carbocycles. The third-order valence-corrected chi connectivity index (χ3v) is 6.48. The molecule has 26 heavy (non-hydrogen) atoms. The highest BCUT2D eigenvalue weighted by molar-refractivity contribution is 7.18. The van der Waals surface area contributed by atoms with Crippen molar-refractivity contribution < 1.29 is 4.79 Å². The number of nitrogens with one attached hydrogen (secondary N) is 2. The molecule has 0 spiro atoms. The van der Waals surface area contributed by atoms with Crippen LogP contribution in [0.15, 0.2) is 30.6 Å². The van der Waals surface area contributed by atoms with Gasteiger partial charge in [0.25, 0.3) is 0 Å². The third-order valence-electron chi connectivity index (χ3n) is 5.30. The van der Waals surface area contributed by atoms with Crippen molar-refractivity contribution in [3.8, 4) is 0 Å². The molecule has 1 aliphatic carbocycles. The Labute approximate surface area is 155 Å². The first kappa shape index (κ1) is 16.0. The molecule has 0 unspecified atom stereocenters. The molecule has 3 aromatic rings. The zero-order valence-corrected chi connectivity index (χ0v) is 15.4. The lowest BCUT2D eigenvalue weighted by atomic mass is 9.90. The molecule has 1 aliphatic heterocycles. The summed E-state index contributed by atoms with van der Waals surface area (Å²) in [6.45, 7) is 1.50. The number of carbonyl (C=O) groups is 1. The molecule has 2 fully saturated rings. The Morgan fingerprint density at radius 2 is 2.23 bits per heavy atom. The number of hydrogen-bond donors (Lipinski definition) is 2. The van der Waals surface area contributed by atoms with Crippen molar-refractivity contribution in [2.75, 3.05) is 18.4 Å². The van der Waals surface area contributed by atoms with E-state index in [1.54, 1.807) is 16.0 Å². The van der Waals surface area contributed by atoms with E-state index in [2.05, 4.69) is 21.8 Å². The Kier molecular flexibility index (Phi) is 3.79. The zero-order valence-electron chi connectivity index (χ0n) is 14.6. The number of rotatable bonds is 4. The molecule has 5 rings (SSSR count). The quantitative estimate of drug-likeness (QED) is 0.744. The van der Waals surface area contributed by atoms with E-state index in [1.165, 1.54) is 17.8 Å². The van der Waals surface area contributed by atoms with Gasteiger partial charge in [-0.2, -0.15) is 5.10 Å². The number of aromatic nitrogens is 3. The van der Waals surface area contributed by atoms with Gasteiger partial charge in [-0.3, -0.25) is 9.48 Å². The number of aryl methyl sites for hydroxylation is 1. The number of benzene rings is 1. The maximum absolute atomic E-state index is 12.9. The summed E-state index contributed by atoms with van der Waals surface area (Å²) in [7, 11) is 1.90. The first-order valence-electron chi connectivity index (χ1n) is 9.08. The van der Waals surface area contributed by atoms with E-state index in [0.29, 0.717) is 12.5 Å². The van der Waals surface area contributed by atoms with Crippen LogP contribution in [0.4, 0.5) is 5.69 Å². The predicted octanol–water partition coefficient (Wildman–Crippen LogP) is 2.85. The van der Waals surface area contributed by atoms with Crippen molar-refractivity contribution in [2.45, 2.75) is 24.7 Å². The Balaban J connectivity index is 1.34. The van der Waals surface area contributed by atoms with E-state index in [0.717, 1.165) is 28.0 Å². The topological polar surface area (TPSA) is 71.8 Å². The second-order valence-corrected chi connectivity index (χ2v) is 8.38.